The first-order chi connectivity index (χ1) is 14.1. The molecule has 1 aliphatic rings. The van der Waals surface area contributed by atoms with Crippen LogP contribution >= 0.6 is 0 Å². The Hall–Kier alpha value is -2.93. The average molecular weight is 392 g/mol. The van der Waals surface area contributed by atoms with Gasteiger partial charge in [-0.3, -0.25) is 4.79 Å². The van der Waals surface area contributed by atoms with Crippen molar-refractivity contribution < 1.29 is 19.4 Å². The lowest BCUT2D eigenvalue weighted by Crippen LogP contribution is -2.16. The van der Waals surface area contributed by atoms with Crippen LogP contribution in [0.5, 0.6) is 11.5 Å². The third-order valence-electron chi connectivity index (χ3n) is 5.15. The lowest BCUT2D eigenvalue weighted by Gasteiger charge is -2.27. The number of hydrogen-bond acceptors (Lipinski definition) is 3. The number of carbonyl (C=O) groups is 1. The Kier molecular flexibility index (Phi) is 7.19. The number of carboxylic acids is 1. The monoisotopic (exact) mass is 392 g/mol. The second kappa shape index (κ2) is 10.0. The lowest BCUT2D eigenvalue weighted by atomic mass is 9.91. The van der Waals surface area contributed by atoms with Gasteiger partial charge in [-0.2, -0.15) is 0 Å². The quantitative estimate of drug-likeness (QED) is 0.475. The molecule has 0 amide bonds. The molecule has 2 atom stereocenters. The summed E-state index contributed by atoms with van der Waals surface area (Å²) in [5.41, 5.74) is 3.20. The zero-order valence-corrected chi connectivity index (χ0v) is 17.1. The van der Waals surface area contributed by atoms with E-state index in [0.717, 1.165) is 60.5 Å². The van der Waals surface area contributed by atoms with Crippen molar-refractivity contribution in [3.8, 4) is 23.3 Å². The molecule has 4 nitrogen and oxygen atoms in total. The van der Waals surface area contributed by atoms with Gasteiger partial charge in [0.15, 0.2) is 0 Å². The van der Waals surface area contributed by atoms with Gasteiger partial charge in [-0.15, -0.1) is 5.92 Å². The molecular formula is C25H28O4. The summed E-state index contributed by atoms with van der Waals surface area (Å²) in [4.78, 5) is 11.1. The highest BCUT2D eigenvalue weighted by atomic mass is 16.5. The number of hydrogen-bond donors (Lipinski definition) is 1. The maximum Gasteiger partial charge on any atom is 0.304 e. The molecule has 0 aromatic heterocycles. The third-order valence-corrected chi connectivity index (χ3v) is 5.15. The molecule has 1 unspecified atom stereocenters. The van der Waals surface area contributed by atoms with Crippen molar-refractivity contribution in [1.29, 1.82) is 0 Å². The summed E-state index contributed by atoms with van der Waals surface area (Å²) in [5.74, 6) is 6.49. The molecule has 1 aliphatic heterocycles. The third kappa shape index (κ3) is 5.54. The van der Waals surface area contributed by atoms with E-state index in [0.29, 0.717) is 0 Å². The van der Waals surface area contributed by atoms with Gasteiger partial charge in [0, 0.05) is 0 Å². The molecule has 0 saturated heterocycles. The van der Waals surface area contributed by atoms with Crippen LogP contribution in [0.25, 0.3) is 0 Å². The van der Waals surface area contributed by atoms with Crippen LogP contribution in [-0.2, 0) is 11.2 Å². The Morgan fingerprint density at radius 2 is 2.07 bits per heavy atom. The zero-order valence-electron chi connectivity index (χ0n) is 17.1. The minimum Gasteiger partial charge on any atom is -0.494 e. The number of ether oxygens (including phenoxy) is 2. The van der Waals surface area contributed by atoms with Gasteiger partial charge in [0.2, 0.25) is 0 Å². The molecule has 1 heterocycles. The van der Waals surface area contributed by atoms with Crippen LogP contribution in [0.1, 0.15) is 68.2 Å². The van der Waals surface area contributed by atoms with E-state index < -0.39 is 5.97 Å². The van der Waals surface area contributed by atoms with Crippen LogP contribution in [-0.4, -0.2) is 17.7 Å². The zero-order chi connectivity index (χ0) is 20.6. The normalized spacial score (nSPS) is 16.0. The maximum absolute atomic E-state index is 11.1. The van der Waals surface area contributed by atoms with Crippen molar-refractivity contribution in [3.05, 3.63) is 59.2 Å². The van der Waals surface area contributed by atoms with Gasteiger partial charge >= 0.3 is 5.97 Å². The fourth-order valence-corrected chi connectivity index (χ4v) is 3.57. The summed E-state index contributed by atoms with van der Waals surface area (Å²) in [6, 6.07) is 14.1. The van der Waals surface area contributed by atoms with Crippen molar-refractivity contribution in [2.75, 3.05) is 6.61 Å². The first-order valence-corrected chi connectivity index (χ1v) is 10.3. The van der Waals surface area contributed by atoms with Gasteiger partial charge in [-0.05, 0) is 61.1 Å². The lowest BCUT2D eigenvalue weighted by molar-refractivity contribution is -0.137. The standard InChI is InChI=1S/C25H28O4/c1-3-5-15-28-22-11-7-18(8-12-22)23-14-10-21-16-20(9-13-24(21)29-23)19(6-4-2)17-25(26)27/h7-9,11-13,16,19,23H,3,5,10,14-15,17H2,1-2H3,(H,26,27)/t19-,23?/m0/s1. The summed E-state index contributed by atoms with van der Waals surface area (Å²) < 4.78 is 12.0. The van der Waals surface area contributed by atoms with E-state index in [2.05, 4.69) is 30.9 Å². The van der Waals surface area contributed by atoms with Crippen molar-refractivity contribution >= 4 is 5.97 Å². The van der Waals surface area contributed by atoms with Crippen molar-refractivity contribution in [3.63, 3.8) is 0 Å². The molecule has 0 saturated carbocycles. The summed E-state index contributed by atoms with van der Waals surface area (Å²) in [6.45, 7) is 4.63. The molecule has 152 valence electrons. The molecule has 1 N–H and O–H groups in total. The molecule has 0 fully saturated rings. The molecule has 0 aliphatic carbocycles. The number of carboxylic acid groups (broad SMARTS) is 1. The predicted molar refractivity (Wildman–Crippen MR) is 113 cm³/mol. The predicted octanol–water partition coefficient (Wildman–Crippen LogP) is 5.51. The highest BCUT2D eigenvalue weighted by Gasteiger charge is 2.23. The van der Waals surface area contributed by atoms with Crippen LogP contribution in [0.3, 0.4) is 0 Å². The van der Waals surface area contributed by atoms with Crippen molar-refractivity contribution in [2.24, 2.45) is 0 Å². The van der Waals surface area contributed by atoms with E-state index in [4.69, 9.17) is 14.6 Å². The Bertz CT molecular complexity index is 889. The van der Waals surface area contributed by atoms with E-state index in [1.54, 1.807) is 6.92 Å². The second-order valence-corrected chi connectivity index (χ2v) is 7.33. The number of aryl methyl sites for hydroxylation is 1. The second-order valence-electron chi connectivity index (χ2n) is 7.33. The van der Waals surface area contributed by atoms with Crippen molar-refractivity contribution in [2.45, 2.75) is 58.0 Å². The molecule has 4 heteroatoms. The smallest absolute Gasteiger partial charge is 0.304 e. The Balaban J connectivity index is 1.69. The van der Waals surface area contributed by atoms with Crippen LogP contribution in [0.15, 0.2) is 42.5 Å². The largest absolute Gasteiger partial charge is 0.494 e. The van der Waals surface area contributed by atoms with Crippen LogP contribution < -0.4 is 9.47 Å². The van der Waals surface area contributed by atoms with Gasteiger partial charge in [0.25, 0.3) is 0 Å². The van der Waals surface area contributed by atoms with Gasteiger partial charge in [0.05, 0.1) is 18.9 Å². The molecule has 0 bridgehead atoms. The molecule has 2 aromatic carbocycles. The molecular weight excluding hydrogens is 364 g/mol. The first-order valence-electron chi connectivity index (χ1n) is 10.3. The van der Waals surface area contributed by atoms with Crippen LogP contribution in [0.4, 0.5) is 0 Å². The minimum absolute atomic E-state index is 0.00971. The molecule has 0 spiro atoms. The van der Waals surface area contributed by atoms with Crippen LogP contribution in [0, 0.1) is 11.8 Å². The van der Waals surface area contributed by atoms with E-state index in [1.165, 1.54) is 0 Å². The summed E-state index contributed by atoms with van der Waals surface area (Å²) in [5, 5.41) is 9.15. The van der Waals surface area contributed by atoms with Gasteiger partial charge in [-0.25, -0.2) is 0 Å². The highest BCUT2D eigenvalue weighted by molar-refractivity contribution is 5.69. The summed E-state index contributed by atoms with van der Waals surface area (Å²) >= 11 is 0. The first kappa shape index (κ1) is 20.8. The maximum atomic E-state index is 11.1. The van der Waals surface area contributed by atoms with E-state index >= 15 is 0 Å². The summed E-state index contributed by atoms with van der Waals surface area (Å²) in [6.07, 6.45) is 3.98. The van der Waals surface area contributed by atoms with Crippen molar-refractivity contribution in [1.82, 2.24) is 0 Å². The van der Waals surface area contributed by atoms with E-state index in [9.17, 15) is 4.79 Å². The molecule has 3 rings (SSSR count). The Morgan fingerprint density at radius 3 is 2.76 bits per heavy atom. The average Bonchev–Trinajstić information content (AvgIpc) is 2.73. The number of aliphatic carboxylic acids is 1. The number of rotatable bonds is 8. The SMILES string of the molecule is CC#C[C@@H](CC(=O)O)c1ccc2c(c1)CCC(c1ccc(OCCCC)cc1)O2. The van der Waals surface area contributed by atoms with Gasteiger partial charge in [-0.1, -0.05) is 43.5 Å². The number of fused-ring (bicyclic) bond motifs is 1. The molecule has 2 aromatic rings. The Morgan fingerprint density at radius 1 is 1.28 bits per heavy atom. The summed E-state index contributed by atoms with van der Waals surface area (Å²) in [7, 11) is 0. The molecule has 0 radical (unpaired) electrons. The minimum atomic E-state index is -0.839. The number of unbranched alkanes of at least 4 members (excludes halogenated alkanes) is 1. The fraction of sp³-hybridized carbons (Fsp3) is 0.400. The Labute approximate surface area is 172 Å². The van der Waals surface area contributed by atoms with Crippen LogP contribution in [0.2, 0.25) is 0 Å². The van der Waals surface area contributed by atoms with Gasteiger partial charge < -0.3 is 14.6 Å². The fourth-order valence-electron chi connectivity index (χ4n) is 3.57. The molecule has 29 heavy (non-hydrogen) atoms. The van der Waals surface area contributed by atoms with E-state index in [-0.39, 0.29) is 18.4 Å². The highest BCUT2D eigenvalue weighted by Crippen LogP contribution is 2.37. The van der Waals surface area contributed by atoms with E-state index in [1.807, 2.05) is 30.3 Å². The topological polar surface area (TPSA) is 55.8 Å². The van der Waals surface area contributed by atoms with Gasteiger partial charge in [0.1, 0.15) is 17.6 Å². The number of benzene rings is 2.